The van der Waals surface area contributed by atoms with Crippen LogP contribution in [0.5, 0.6) is 5.75 Å². The molecule has 0 unspecified atom stereocenters. The van der Waals surface area contributed by atoms with E-state index in [0.29, 0.717) is 17.6 Å². The highest BCUT2D eigenvalue weighted by Crippen LogP contribution is 2.42. The summed E-state index contributed by atoms with van der Waals surface area (Å²) in [6.45, 7) is 2.47. The number of nitrogens with zero attached hydrogens (tertiary/aromatic N) is 3. The number of carbonyl (C=O) groups is 1. The van der Waals surface area contributed by atoms with Crippen molar-refractivity contribution < 1.29 is 9.90 Å². The van der Waals surface area contributed by atoms with Gasteiger partial charge in [-0.2, -0.15) is 5.10 Å². The Morgan fingerprint density at radius 2 is 1.77 bits per heavy atom. The lowest BCUT2D eigenvalue weighted by Crippen LogP contribution is -2.51. The molecule has 2 aromatic carbocycles. The van der Waals surface area contributed by atoms with E-state index >= 15 is 0 Å². The monoisotopic (exact) mass is 700 g/mol. The summed E-state index contributed by atoms with van der Waals surface area (Å²) in [5.41, 5.74) is 1.74. The molecule has 3 heterocycles. The second kappa shape index (κ2) is 11.6. The molecule has 6 nitrogen and oxygen atoms in total. The minimum Gasteiger partial charge on any atom is -0.507 e. The van der Waals surface area contributed by atoms with Crippen LogP contribution in [-0.2, 0) is 10.2 Å². The van der Waals surface area contributed by atoms with Crippen LogP contribution in [0.4, 0.5) is 0 Å². The minimum atomic E-state index is -0.500. The molecule has 39 heavy (non-hydrogen) atoms. The standard InChI is InChI=1S/C31H34BrIN4O2/c32-25-21-35-37-28(19-26(33-29(25)37)24-11-5-6-12-27(24)38)34-20-22-13-17-36(18-14-22)30(39)31(15-7-2-8-16-31)23-9-3-1-4-10-23/h1,3-6,9-12,19,21-22,34,38H,2,7-8,13-18,20H2. The van der Waals surface area contributed by atoms with Crippen LogP contribution in [0, 0.1) is 9.62 Å². The maximum absolute atomic E-state index is 14.0. The van der Waals surface area contributed by atoms with Gasteiger partial charge in [0.15, 0.2) is 0 Å². The van der Waals surface area contributed by atoms with Crippen LogP contribution in [0.15, 0.2) is 71.3 Å². The molecule has 0 bridgehead atoms. The van der Waals surface area contributed by atoms with E-state index in [1.54, 1.807) is 6.07 Å². The van der Waals surface area contributed by atoms with Gasteiger partial charge in [0.05, 0.1) is 16.1 Å². The molecule has 6 rings (SSSR count). The number of aromatic nitrogens is 2. The van der Waals surface area contributed by atoms with Crippen molar-refractivity contribution in [1.82, 2.24) is 20.0 Å². The van der Waals surface area contributed by atoms with Crippen molar-refractivity contribution in [3.63, 3.8) is 0 Å². The Bertz CT molecular complexity index is 1400. The Hall–Kier alpha value is -2.46. The van der Waals surface area contributed by atoms with Gasteiger partial charge in [-0.15, -0.1) is 0 Å². The highest BCUT2D eigenvalue weighted by Gasteiger charge is 2.44. The number of phenols is 1. The molecule has 2 fully saturated rings. The van der Waals surface area contributed by atoms with E-state index in [-0.39, 0.29) is 5.41 Å². The SMILES string of the molecule is O=C(N1CCC(CNC2=CC(c3ccccc3O)=Ic3c(Br)cnn32)CC1)C1(c2ccccc2)CCCCC1. The molecule has 0 atom stereocenters. The number of phenolic OH excluding ortho intramolecular Hbond substituents is 1. The predicted molar refractivity (Wildman–Crippen MR) is 168 cm³/mol. The van der Waals surface area contributed by atoms with Crippen molar-refractivity contribution in [1.29, 1.82) is 0 Å². The molecule has 3 aromatic rings. The number of allylic oxidation sites excluding steroid dienone is 1. The van der Waals surface area contributed by atoms with E-state index in [1.807, 2.05) is 35.1 Å². The predicted octanol–water partition coefficient (Wildman–Crippen LogP) is 6.25. The fraction of sp³-hybridized carbons (Fsp3) is 0.387. The highest BCUT2D eigenvalue weighted by atomic mass is 127. The lowest BCUT2D eigenvalue weighted by molar-refractivity contribution is -0.140. The van der Waals surface area contributed by atoms with Gasteiger partial charge in [-0.05, 0) is 65.2 Å². The molecule has 2 N–H and O–H groups in total. The summed E-state index contributed by atoms with van der Waals surface area (Å²) >= 11 is 3.18. The number of hydrogen-bond acceptors (Lipinski definition) is 4. The number of rotatable bonds is 6. The molecule has 2 aliphatic heterocycles. The van der Waals surface area contributed by atoms with Crippen LogP contribution >= 0.6 is 36.7 Å². The highest BCUT2D eigenvalue weighted by molar-refractivity contribution is 14.2. The Morgan fingerprint density at radius 3 is 2.51 bits per heavy atom. The first-order valence-electron chi connectivity index (χ1n) is 13.9. The number of likely N-dealkylation sites (tertiary alicyclic amines) is 1. The number of para-hydroxylation sites is 1. The summed E-state index contributed by atoms with van der Waals surface area (Å²) < 4.78 is 5.36. The summed E-state index contributed by atoms with van der Waals surface area (Å²) in [5, 5.41) is 18.8. The zero-order valence-corrected chi connectivity index (χ0v) is 25.7. The Morgan fingerprint density at radius 1 is 1.05 bits per heavy atom. The third kappa shape index (κ3) is 5.34. The lowest BCUT2D eigenvalue weighted by atomic mass is 9.68. The van der Waals surface area contributed by atoms with Crippen molar-refractivity contribution >= 4 is 51.9 Å². The Labute approximate surface area is 248 Å². The second-order valence-electron chi connectivity index (χ2n) is 10.8. The van der Waals surface area contributed by atoms with Crippen LogP contribution in [0.1, 0.15) is 56.1 Å². The molecule has 1 amide bonds. The van der Waals surface area contributed by atoms with E-state index in [4.69, 9.17) is 0 Å². The third-order valence-corrected chi connectivity index (χ3v) is 12.8. The summed E-state index contributed by atoms with van der Waals surface area (Å²) in [5.74, 6) is 2.09. The molecule has 1 aromatic heterocycles. The molecule has 1 aliphatic carbocycles. The minimum absolute atomic E-state index is 0.315. The molecule has 0 spiro atoms. The number of carbonyl (C=O) groups excluding carboxylic acids is 1. The molecule has 3 aliphatic rings. The van der Waals surface area contributed by atoms with Gasteiger partial charge in [0.1, 0.15) is 15.3 Å². The van der Waals surface area contributed by atoms with Crippen LogP contribution in [-0.4, -0.2) is 48.8 Å². The molecule has 204 valence electrons. The summed E-state index contributed by atoms with van der Waals surface area (Å²) in [4.78, 5) is 16.1. The lowest BCUT2D eigenvalue weighted by Gasteiger charge is -2.42. The largest absolute Gasteiger partial charge is 0.507 e. The number of aromatic hydroxyl groups is 1. The Balaban J connectivity index is 1.13. The van der Waals surface area contributed by atoms with Crippen molar-refractivity contribution in [2.75, 3.05) is 19.6 Å². The van der Waals surface area contributed by atoms with Crippen LogP contribution in [0.2, 0.25) is 0 Å². The second-order valence-corrected chi connectivity index (χ2v) is 14.4. The quantitative estimate of drug-likeness (QED) is 0.298. The van der Waals surface area contributed by atoms with Crippen molar-refractivity contribution in [3.05, 3.63) is 86.2 Å². The van der Waals surface area contributed by atoms with Gasteiger partial charge in [0.2, 0.25) is 5.91 Å². The fourth-order valence-electron chi connectivity index (χ4n) is 6.23. The van der Waals surface area contributed by atoms with E-state index in [1.165, 1.54) is 19.2 Å². The molecule has 0 radical (unpaired) electrons. The first-order chi connectivity index (χ1) is 19.0. The average Bonchev–Trinajstić information content (AvgIpc) is 3.37. The number of nitrogens with one attached hydrogen (secondary N) is 1. The number of halogens is 2. The summed E-state index contributed by atoms with van der Waals surface area (Å²) in [6, 6.07) is 18.1. The number of hydrogen-bond donors (Lipinski definition) is 2. The number of amides is 1. The topological polar surface area (TPSA) is 70.4 Å². The van der Waals surface area contributed by atoms with Gasteiger partial charge >= 0.3 is 0 Å². The van der Waals surface area contributed by atoms with Gasteiger partial charge in [-0.1, -0.05) is 88.5 Å². The third-order valence-electron chi connectivity index (χ3n) is 8.43. The first kappa shape index (κ1) is 26.7. The van der Waals surface area contributed by atoms with Gasteiger partial charge < -0.3 is 15.3 Å². The Kier molecular flexibility index (Phi) is 7.93. The van der Waals surface area contributed by atoms with Crippen molar-refractivity contribution in [3.8, 4) is 5.75 Å². The molecule has 1 saturated heterocycles. The maximum Gasteiger partial charge on any atom is 0.233 e. The van der Waals surface area contributed by atoms with Crippen LogP contribution in [0.3, 0.4) is 0 Å². The van der Waals surface area contributed by atoms with E-state index in [2.05, 4.69) is 61.6 Å². The summed E-state index contributed by atoms with van der Waals surface area (Å²) in [7, 11) is 0. The maximum atomic E-state index is 14.0. The molecular formula is C31H34BrIN4O2. The van der Waals surface area contributed by atoms with Crippen LogP contribution in [0.25, 0.3) is 5.82 Å². The molecule has 1 saturated carbocycles. The molecular weight excluding hydrogens is 667 g/mol. The normalized spacial score (nSPS) is 19.4. The number of benzene rings is 2. The van der Waals surface area contributed by atoms with Crippen molar-refractivity contribution in [2.24, 2.45) is 5.92 Å². The fourth-order valence-corrected chi connectivity index (χ4v) is 9.75. The van der Waals surface area contributed by atoms with Crippen molar-refractivity contribution in [2.45, 2.75) is 50.4 Å². The molecule has 8 heteroatoms. The zero-order chi connectivity index (χ0) is 26.8. The van der Waals surface area contributed by atoms with E-state index in [0.717, 1.165) is 74.0 Å². The van der Waals surface area contributed by atoms with Gasteiger partial charge in [0, 0.05) is 28.7 Å². The average molecular weight is 701 g/mol. The zero-order valence-electron chi connectivity index (χ0n) is 22.0. The number of piperidine rings is 1. The van der Waals surface area contributed by atoms with E-state index in [9.17, 15) is 9.90 Å². The first-order valence-corrected chi connectivity index (χ1v) is 16.8. The summed E-state index contributed by atoms with van der Waals surface area (Å²) in [6.07, 6.45) is 11.4. The van der Waals surface area contributed by atoms with Gasteiger partial charge in [-0.3, -0.25) is 4.79 Å². The van der Waals surface area contributed by atoms with E-state index < -0.39 is 20.7 Å². The van der Waals surface area contributed by atoms with Crippen LogP contribution < -0.4 is 5.32 Å². The number of fused-ring (bicyclic) bond motifs is 1. The van der Waals surface area contributed by atoms with Gasteiger partial charge in [0.25, 0.3) is 0 Å². The smallest absolute Gasteiger partial charge is 0.233 e. The van der Waals surface area contributed by atoms with Gasteiger partial charge in [-0.25, -0.2) is 4.68 Å².